The fourth-order valence-corrected chi connectivity index (χ4v) is 7.58. The molecule has 1 heterocycles. The molecule has 1 fully saturated rings. The van der Waals surface area contributed by atoms with Crippen LogP contribution in [-0.2, 0) is 0 Å². The second kappa shape index (κ2) is 6.72. The summed E-state index contributed by atoms with van der Waals surface area (Å²) >= 11 is 0. The Labute approximate surface area is 157 Å². The van der Waals surface area contributed by atoms with Crippen LogP contribution in [-0.4, -0.2) is 46.9 Å². The molecule has 9 heteroatoms. The SMILES string of the molecule is CC[N+]1(CC)CCC([Si](C)(C)C)C1(C)C.[Cl][Sb-]([Cl])([Cl])([Cl])([Cl])[Cl]. The molecule has 22 heavy (non-hydrogen) atoms. The van der Waals surface area contributed by atoms with Gasteiger partial charge in [0.1, 0.15) is 0 Å². The Hall–Kier alpha value is 2.74. The van der Waals surface area contributed by atoms with E-state index in [9.17, 15) is 0 Å². The van der Waals surface area contributed by atoms with Crippen LogP contribution in [0.15, 0.2) is 0 Å². The first kappa shape index (κ1) is 24.7. The van der Waals surface area contributed by atoms with E-state index in [4.69, 9.17) is 53.0 Å². The molecular weight excluding hydrogens is 533 g/mol. The van der Waals surface area contributed by atoms with Crippen LogP contribution < -0.4 is 0 Å². The van der Waals surface area contributed by atoms with Crippen molar-refractivity contribution >= 4 is 70.2 Å². The van der Waals surface area contributed by atoms with Gasteiger partial charge in [0.2, 0.25) is 0 Å². The average Bonchev–Trinajstić information content (AvgIpc) is 2.44. The quantitative estimate of drug-likeness (QED) is 0.247. The van der Waals surface area contributed by atoms with Gasteiger partial charge in [-0.05, 0) is 27.7 Å². The van der Waals surface area contributed by atoms with Gasteiger partial charge < -0.3 is 4.48 Å². The molecule has 1 aliphatic rings. The summed E-state index contributed by atoms with van der Waals surface area (Å²) in [5, 5.41) is 0. The maximum atomic E-state index is 5.06. The van der Waals surface area contributed by atoms with Crippen LogP contribution in [0.25, 0.3) is 0 Å². The van der Waals surface area contributed by atoms with E-state index < -0.39 is 17.2 Å². The van der Waals surface area contributed by atoms with Crippen molar-refractivity contribution in [3.05, 3.63) is 0 Å². The normalized spacial score (nSPS) is 27.4. The molecule has 0 aliphatic carbocycles. The van der Waals surface area contributed by atoms with E-state index >= 15 is 0 Å². The first-order valence-corrected chi connectivity index (χ1v) is 30.6. The first-order chi connectivity index (χ1) is 9.16. The van der Waals surface area contributed by atoms with E-state index in [1.54, 1.807) is 0 Å². The molecule has 1 saturated heterocycles. The fourth-order valence-electron chi connectivity index (χ4n) is 4.20. The molecule has 0 N–H and O–H groups in total. The minimum atomic E-state index is -5.42. The van der Waals surface area contributed by atoms with Crippen molar-refractivity contribution in [3.63, 3.8) is 0 Å². The molecule has 0 saturated carbocycles. The van der Waals surface area contributed by atoms with E-state index in [0.29, 0.717) is 5.54 Å². The fraction of sp³-hybridized carbons (Fsp3) is 1.00. The monoisotopic (exact) mass is 559 g/mol. The molecule has 0 aromatic heterocycles. The van der Waals surface area contributed by atoms with Gasteiger partial charge in [0.05, 0.1) is 33.2 Å². The predicted molar refractivity (Wildman–Crippen MR) is 113 cm³/mol. The number of nitrogens with zero attached hydrogens (tertiary/aromatic N) is 1. The van der Waals surface area contributed by atoms with Crippen molar-refractivity contribution in [2.45, 2.75) is 64.8 Å². The van der Waals surface area contributed by atoms with E-state index in [2.05, 4.69) is 47.3 Å². The summed E-state index contributed by atoms with van der Waals surface area (Å²) in [5.41, 5.74) is 1.50. The molecule has 0 amide bonds. The van der Waals surface area contributed by atoms with E-state index in [1.165, 1.54) is 30.5 Å². The third kappa shape index (κ3) is 8.41. The van der Waals surface area contributed by atoms with E-state index in [1.807, 2.05) is 0 Å². The van der Waals surface area contributed by atoms with Crippen LogP contribution >= 0.6 is 53.0 Å². The molecule has 1 rings (SSSR count). The number of hydrogen-bond donors (Lipinski definition) is 0. The molecule has 0 spiro atoms. The van der Waals surface area contributed by atoms with Gasteiger partial charge in [-0.1, -0.05) is 19.6 Å². The Morgan fingerprint density at radius 1 is 0.955 bits per heavy atom. The standard InChI is InChI=1S/C13H30NSi.6ClH.Sb/c1-8-14(9-2)11-10-12(13(14,3)4)15(5,6)7;;;;;;;/h12H,8-11H2,1-7H3;6*1H;/q+1;;;;;;;+5/p-6. The van der Waals surface area contributed by atoms with Crippen LogP contribution in [0.5, 0.6) is 0 Å². The first-order valence-electron chi connectivity index (χ1n) is 7.59. The molecule has 1 unspecified atom stereocenters. The van der Waals surface area contributed by atoms with E-state index in [0.717, 1.165) is 5.54 Å². The molecule has 0 radical (unpaired) electrons. The summed E-state index contributed by atoms with van der Waals surface area (Å²) in [6.07, 6.45) is 1.46. The topological polar surface area (TPSA) is 0 Å². The van der Waals surface area contributed by atoms with Crippen molar-refractivity contribution in [2.75, 3.05) is 19.6 Å². The molecule has 1 atom stereocenters. The Bertz CT molecular complexity index is 382. The third-order valence-corrected chi connectivity index (χ3v) is 8.26. The van der Waals surface area contributed by atoms with Gasteiger partial charge in [0, 0.05) is 12.0 Å². The summed E-state index contributed by atoms with van der Waals surface area (Å²) < 4.78 is 1.35. The van der Waals surface area contributed by atoms with Gasteiger partial charge in [0.25, 0.3) is 0 Å². The summed E-state index contributed by atoms with van der Waals surface area (Å²) in [7, 11) is 24.0. The number of rotatable bonds is 3. The van der Waals surface area contributed by atoms with Gasteiger partial charge in [0.15, 0.2) is 0 Å². The molecular formula is C13H30Cl6NSbSi. The molecule has 0 aromatic carbocycles. The Morgan fingerprint density at radius 3 is 1.41 bits per heavy atom. The number of likely N-dealkylation sites (tertiary alicyclic amines) is 1. The van der Waals surface area contributed by atoms with Crippen molar-refractivity contribution in [1.82, 2.24) is 0 Å². The van der Waals surface area contributed by atoms with Crippen molar-refractivity contribution in [2.24, 2.45) is 0 Å². The van der Waals surface area contributed by atoms with Crippen molar-refractivity contribution in [1.29, 1.82) is 0 Å². The summed E-state index contributed by atoms with van der Waals surface area (Å²) in [5.74, 6) is 0. The van der Waals surface area contributed by atoms with Crippen molar-refractivity contribution < 1.29 is 4.48 Å². The second-order valence-electron chi connectivity index (χ2n) is 7.82. The Morgan fingerprint density at radius 2 is 1.27 bits per heavy atom. The van der Waals surface area contributed by atoms with Crippen LogP contribution in [0.2, 0.25) is 25.2 Å². The molecule has 0 bridgehead atoms. The van der Waals surface area contributed by atoms with Crippen LogP contribution in [0.3, 0.4) is 0 Å². The third-order valence-electron chi connectivity index (χ3n) is 5.18. The summed E-state index contributed by atoms with van der Waals surface area (Å²) in [6.45, 7) is 21.5. The zero-order valence-electron chi connectivity index (χ0n) is 14.6. The maximum absolute atomic E-state index is 5.42. The number of hydrogen-bond acceptors (Lipinski definition) is 0. The zero-order chi connectivity index (χ0) is 18.3. The molecule has 138 valence electrons. The van der Waals surface area contributed by atoms with E-state index in [-0.39, 0.29) is 0 Å². The van der Waals surface area contributed by atoms with Gasteiger partial charge in [-0.15, -0.1) is 0 Å². The van der Waals surface area contributed by atoms with Crippen molar-refractivity contribution in [3.8, 4) is 0 Å². The average molecular weight is 563 g/mol. The van der Waals surface area contributed by atoms with Gasteiger partial charge >= 0.3 is 62.1 Å². The van der Waals surface area contributed by atoms with Crippen LogP contribution in [0.4, 0.5) is 0 Å². The number of quaternary nitrogens is 1. The summed E-state index contributed by atoms with van der Waals surface area (Å²) in [4.78, 5) is 0. The molecule has 1 nitrogen and oxygen atoms in total. The predicted octanol–water partition coefficient (Wildman–Crippen LogP) is 7.49. The Balaban J connectivity index is 0.000000534. The summed E-state index contributed by atoms with van der Waals surface area (Å²) in [6, 6.07) is 0. The zero-order valence-corrected chi connectivity index (χ0v) is 22.7. The second-order valence-corrected chi connectivity index (χ2v) is 70.1. The van der Waals surface area contributed by atoms with Gasteiger partial charge in [-0.3, -0.25) is 0 Å². The van der Waals surface area contributed by atoms with Crippen LogP contribution in [0, 0.1) is 0 Å². The number of halogens is 6. The minimum absolute atomic E-state index is 0.508. The Kier molecular flexibility index (Phi) is 7.55. The van der Waals surface area contributed by atoms with Crippen LogP contribution in [0.1, 0.15) is 34.1 Å². The van der Waals surface area contributed by atoms with Gasteiger partial charge in [-0.25, -0.2) is 0 Å². The molecule has 1 aliphatic heterocycles. The molecule has 0 aromatic rings. The van der Waals surface area contributed by atoms with Gasteiger partial charge in [-0.2, -0.15) is 0 Å².